The van der Waals surface area contributed by atoms with Gasteiger partial charge in [0, 0.05) is 0 Å². The fourth-order valence-electron chi connectivity index (χ4n) is 6.58. The first-order valence-electron chi connectivity index (χ1n) is 20.1. The molecule has 2 N–H and O–H groups in total. The molecule has 0 aromatic heterocycles. The van der Waals surface area contributed by atoms with Crippen LogP contribution >= 0.6 is 0 Å². The number of rotatable bonds is 36. The second kappa shape index (κ2) is 34.7. The molecule has 0 aromatic rings. The van der Waals surface area contributed by atoms with Crippen LogP contribution < -0.4 is 0 Å². The van der Waals surface area contributed by atoms with Gasteiger partial charge in [0.25, 0.3) is 0 Å². The van der Waals surface area contributed by atoms with E-state index < -0.39 is 0 Å². The van der Waals surface area contributed by atoms with Crippen molar-refractivity contribution in [1.82, 2.24) is 0 Å². The molecule has 0 bridgehead atoms. The average molecular weight is 611 g/mol. The van der Waals surface area contributed by atoms with Crippen LogP contribution in [0.3, 0.4) is 0 Å². The molecule has 260 valence electrons. The Morgan fingerprint density at radius 2 is 0.558 bits per heavy atom. The SMILES string of the molecule is CCCCCCCCCCCCC(O)CC(CCCCC)OC(CCCCC)CC(O)CCCCCCCCCCCC. The van der Waals surface area contributed by atoms with Crippen LogP contribution in [0.15, 0.2) is 0 Å². The zero-order valence-electron chi connectivity index (χ0n) is 30.2. The molecule has 0 aromatic carbocycles. The standard InChI is InChI=1S/C40H82O3/c1-5-9-13-15-17-19-21-23-25-29-31-37(41)35-39(33-27-11-7-3)43-40(34-28-12-8-4)36-38(42)32-30-26-24-22-20-18-16-14-10-6-2/h37-42H,5-36H2,1-4H3. The molecule has 4 unspecified atom stereocenters. The molecule has 3 heteroatoms. The average Bonchev–Trinajstić information content (AvgIpc) is 2.99. The smallest absolute Gasteiger partial charge is 0.0603 e. The molecule has 0 aliphatic carbocycles. The first kappa shape index (κ1) is 42.9. The van der Waals surface area contributed by atoms with Gasteiger partial charge in [0.15, 0.2) is 0 Å². The van der Waals surface area contributed by atoms with Crippen LogP contribution in [-0.4, -0.2) is 34.6 Å². The van der Waals surface area contributed by atoms with Crippen molar-refractivity contribution in [1.29, 1.82) is 0 Å². The van der Waals surface area contributed by atoms with Gasteiger partial charge in [0.2, 0.25) is 0 Å². The number of unbranched alkanes of at least 4 members (excludes halogenated alkanes) is 22. The molecule has 0 fully saturated rings. The zero-order valence-corrected chi connectivity index (χ0v) is 30.2. The maximum absolute atomic E-state index is 10.9. The van der Waals surface area contributed by atoms with Crippen LogP contribution in [-0.2, 0) is 4.74 Å². The summed E-state index contributed by atoms with van der Waals surface area (Å²) >= 11 is 0. The largest absolute Gasteiger partial charge is 0.393 e. The molecule has 0 rings (SSSR count). The Kier molecular flexibility index (Phi) is 34.7. The number of aliphatic hydroxyl groups excluding tert-OH is 2. The van der Waals surface area contributed by atoms with Crippen molar-refractivity contribution in [3.8, 4) is 0 Å². The van der Waals surface area contributed by atoms with Gasteiger partial charge in [-0.1, -0.05) is 195 Å². The van der Waals surface area contributed by atoms with Gasteiger partial charge in [0.1, 0.15) is 0 Å². The summed E-state index contributed by atoms with van der Waals surface area (Å²) in [4.78, 5) is 0. The van der Waals surface area contributed by atoms with Crippen LogP contribution in [0, 0.1) is 0 Å². The summed E-state index contributed by atoms with van der Waals surface area (Å²) in [5, 5.41) is 21.9. The van der Waals surface area contributed by atoms with E-state index in [0.717, 1.165) is 51.4 Å². The maximum atomic E-state index is 10.9. The van der Waals surface area contributed by atoms with Gasteiger partial charge in [0.05, 0.1) is 24.4 Å². The summed E-state index contributed by atoms with van der Waals surface area (Å²) in [7, 11) is 0. The summed E-state index contributed by atoms with van der Waals surface area (Å²) in [5.74, 6) is 0. The van der Waals surface area contributed by atoms with Gasteiger partial charge < -0.3 is 14.9 Å². The summed E-state index contributed by atoms with van der Waals surface area (Å²) in [6.07, 6.45) is 39.1. The Balaban J connectivity index is 4.47. The third-order valence-corrected chi connectivity index (χ3v) is 9.50. The van der Waals surface area contributed by atoms with E-state index in [9.17, 15) is 10.2 Å². The maximum Gasteiger partial charge on any atom is 0.0603 e. The van der Waals surface area contributed by atoms with Gasteiger partial charge in [-0.2, -0.15) is 0 Å². The van der Waals surface area contributed by atoms with Gasteiger partial charge >= 0.3 is 0 Å². The highest BCUT2D eigenvalue weighted by molar-refractivity contribution is 4.72. The highest BCUT2D eigenvalue weighted by Gasteiger charge is 2.22. The molecule has 3 nitrogen and oxygen atoms in total. The lowest BCUT2D eigenvalue weighted by atomic mass is 9.98. The molecular formula is C40H82O3. The van der Waals surface area contributed by atoms with Crippen LogP contribution in [0.1, 0.15) is 233 Å². The zero-order chi connectivity index (χ0) is 31.6. The van der Waals surface area contributed by atoms with E-state index in [-0.39, 0.29) is 24.4 Å². The molecule has 4 atom stereocenters. The normalized spacial score (nSPS) is 14.7. The van der Waals surface area contributed by atoms with Crippen molar-refractivity contribution in [2.24, 2.45) is 0 Å². The third kappa shape index (κ3) is 31.6. The molecule has 43 heavy (non-hydrogen) atoms. The summed E-state index contributed by atoms with van der Waals surface area (Å²) in [5.41, 5.74) is 0. The second-order valence-electron chi connectivity index (χ2n) is 14.1. The molecule has 0 saturated carbocycles. The van der Waals surface area contributed by atoms with Crippen molar-refractivity contribution in [3.05, 3.63) is 0 Å². The van der Waals surface area contributed by atoms with Crippen molar-refractivity contribution < 1.29 is 14.9 Å². The minimum absolute atomic E-state index is 0.126. The third-order valence-electron chi connectivity index (χ3n) is 9.50. The topological polar surface area (TPSA) is 49.7 Å². The van der Waals surface area contributed by atoms with Gasteiger partial charge in [-0.05, 0) is 38.5 Å². The van der Waals surface area contributed by atoms with Gasteiger partial charge in [-0.15, -0.1) is 0 Å². The summed E-state index contributed by atoms with van der Waals surface area (Å²) in [6, 6.07) is 0. The molecular weight excluding hydrogens is 528 g/mol. The summed E-state index contributed by atoms with van der Waals surface area (Å²) < 4.78 is 6.76. The lowest BCUT2D eigenvalue weighted by Crippen LogP contribution is -2.29. The van der Waals surface area contributed by atoms with E-state index in [1.54, 1.807) is 0 Å². The minimum atomic E-state index is -0.256. The monoisotopic (exact) mass is 611 g/mol. The van der Waals surface area contributed by atoms with E-state index in [0.29, 0.717) is 0 Å². The Hall–Kier alpha value is -0.120. The van der Waals surface area contributed by atoms with E-state index in [2.05, 4.69) is 27.7 Å². The fourth-order valence-corrected chi connectivity index (χ4v) is 6.58. The Bertz CT molecular complexity index is 466. The molecule has 0 aliphatic heterocycles. The molecule has 0 saturated heterocycles. The fraction of sp³-hybridized carbons (Fsp3) is 1.00. The van der Waals surface area contributed by atoms with E-state index in [4.69, 9.17) is 4.74 Å². The molecule has 0 heterocycles. The molecule has 0 radical (unpaired) electrons. The van der Waals surface area contributed by atoms with Crippen molar-refractivity contribution in [3.63, 3.8) is 0 Å². The van der Waals surface area contributed by atoms with E-state index in [1.807, 2.05) is 0 Å². The van der Waals surface area contributed by atoms with Gasteiger partial charge in [-0.25, -0.2) is 0 Å². The van der Waals surface area contributed by atoms with Crippen molar-refractivity contribution >= 4 is 0 Å². The van der Waals surface area contributed by atoms with E-state index in [1.165, 1.54) is 154 Å². The van der Waals surface area contributed by atoms with Crippen molar-refractivity contribution in [2.45, 2.75) is 258 Å². The summed E-state index contributed by atoms with van der Waals surface area (Å²) in [6.45, 7) is 9.08. The second-order valence-corrected chi connectivity index (χ2v) is 14.1. The highest BCUT2D eigenvalue weighted by atomic mass is 16.5. The number of hydrogen-bond donors (Lipinski definition) is 2. The highest BCUT2D eigenvalue weighted by Crippen LogP contribution is 2.24. The first-order chi connectivity index (χ1) is 21.1. The van der Waals surface area contributed by atoms with Gasteiger partial charge in [-0.3, -0.25) is 0 Å². The van der Waals surface area contributed by atoms with Crippen LogP contribution in [0.2, 0.25) is 0 Å². The van der Waals surface area contributed by atoms with Crippen LogP contribution in [0.4, 0.5) is 0 Å². The minimum Gasteiger partial charge on any atom is -0.393 e. The molecule has 0 amide bonds. The number of hydrogen-bond acceptors (Lipinski definition) is 3. The lowest BCUT2D eigenvalue weighted by molar-refractivity contribution is -0.0635. The number of ether oxygens (including phenoxy) is 1. The van der Waals surface area contributed by atoms with Crippen LogP contribution in [0.5, 0.6) is 0 Å². The van der Waals surface area contributed by atoms with E-state index >= 15 is 0 Å². The quantitative estimate of drug-likeness (QED) is 0.0694. The predicted molar refractivity (Wildman–Crippen MR) is 191 cm³/mol. The molecule has 0 aliphatic rings. The Morgan fingerprint density at radius 1 is 0.326 bits per heavy atom. The predicted octanol–water partition coefficient (Wildman–Crippen LogP) is 13.0. The molecule has 0 spiro atoms. The van der Waals surface area contributed by atoms with Crippen LogP contribution in [0.25, 0.3) is 0 Å². The van der Waals surface area contributed by atoms with Crippen molar-refractivity contribution in [2.75, 3.05) is 0 Å². The Morgan fingerprint density at radius 3 is 0.860 bits per heavy atom. The number of aliphatic hydroxyl groups is 2. The first-order valence-corrected chi connectivity index (χ1v) is 20.1. The lowest BCUT2D eigenvalue weighted by Gasteiger charge is -2.28. The Labute approximate surface area is 272 Å².